The van der Waals surface area contributed by atoms with E-state index in [9.17, 15) is 0 Å². The molecule has 1 aliphatic rings. The van der Waals surface area contributed by atoms with E-state index >= 15 is 0 Å². The van der Waals surface area contributed by atoms with Gasteiger partial charge in [-0.05, 0) is 42.9 Å². The monoisotopic (exact) mass is 205 g/mol. The van der Waals surface area contributed by atoms with Crippen LogP contribution < -0.4 is 5.32 Å². The lowest BCUT2D eigenvalue weighted by Gasteiger charge is -2.11. The van der Waals surface area contributed by atoms with Gasteiger partial charge in [0.05, 0.1) is 6.61 Å². The molecular weight excluding hydrogens is 186 g/mol. The SMILES string of the molecule is CC(CO)NCc1ccc2c(c1)CCC2. The molecule has 0 saturated carbocycles. The second kappa shape index (κ2) is 4.77. The van der Waals surface area contributed by atoms with Crippen molar-refractivity contribution in [2.24, 2.45) is 0 Å². The first-order chi connectivity index (χ1) is 7.29. The van der Waals surface area contributed by atoms with Crippen molar-refractivity contribution in [1.82, 2.24) is 5.32 Å². The Hall–Kier alpha value is -0.860. The third-order valence-corrected chi connectivity index (χ3v) is 3.09. The van der Waals surface area contributed by atoms with E-state index in [1.165, 1.54) is 36.0 Å². The summed E-state index contributed by atoms with van der Waals surface area (Å²) in [5.41, 5.74) is 4.37. The third-order valence-electron chi connectivity index (χ3n) is 3.09. The van der Waals surface area contributed by atoms with Gasteiger partial charge in [0.2, 0.25) is 0 Å². The number of aliphatic hydroxyl groups is 1. The maximum Gasteiger partial charge on any atom is 0.0582 e. The molecular formula is C13H19NO. The quantitative estimate of drug-likeness (QED) is 0.783. The Kier molecular flexibility index (Phi) is 3.39. The van der Waals surface area contributed by atoms with Crippen LogP contribution in [0, 0.1) is 0 Å². The van der Waals surface area contributed by atoms with Crippen LogP contribution >= 0.6 is 0 Å². The van der Waals surface area contributed by atoms with E-state index in [1.54, 1.807) is 0 Å². The summed E-state index contributed by atoms with van der Waals surface area (Å²) in [5, 5.41) is 12.2. The molecule has 2 rings (SSSR count). The molecule has 82 valence electrons. The second-order valence-corrected chi connectivity index (χ2v) is 4.42. The molecule has 0 spiro atoms. The Balaban J connectivity index is 1.98. The summed E-state index contributed by atoms with van der Waals surface area (Å²) in [6.07, 6.45) is 3.79. The highest BCUT2D eigenvalue weighted by Gasteiger charge is 2.10. The molecule has 2 nitrogen and oxygen atoms in total. The number of hydrogen-bond acceptors (Lipinski definition) is 2. The Bertz CT molecular complexity index is 335. The summed E-state index contributed by atoms with van der Waals surface area (Å²) in [6, 6.07) is 6.93. The summed E-state index contributed by atoms with van der Waals surface area (Å²) in [6.45, 7) is 3.05. The summed E-state index contributed by atoms with van der Waals surface area (Å²) < 4.78 is 0. The van der Waals surface area contributed by atoms with Gasteiger partial charge in [-0.25, -0.2) is 0 Å². The standard InChI is InChI=1S/C13H19NO/c1-10(9-15)14-8-11-5-6-12-3-2-4-13(12)7-11/h5-7,10,14-15H,2-4,8-9H2,1H3. The number of benzene rings is 1. The molecule has 1 unspecified atom stereocenters. The molecule has 1 atom stereocenters. The van der Waals surface area contributed by atoms with Crippen LogP contribution in [0.2, 0.25) is 0 Å². The lowest BCUT2D eigenvalue weighted by molar-refractivity contribution is 0.251. The summed E-state index contributed by atoms with van der Waals surface area (Å²) in [4.78, 5) is 0. The van der Waals surface area contributed by atoms with Crippen molar-refractivity contribution in [3.8, 4) is 0 Å². The van der Waals surface area contributed by atoms with Crippen LogP contribution in [-0.4, -0.2) is 17.8 Å². The van der Waals surface area contributed by atoms with Crippen LogP contribution in [0.25, 0.3) is 0 Å². The largest absolute Gasteiger partial charge is 0.395 e. The molecule has 15 heavy (non-hydrogen) atoms. The lowest BCUT2D eigenvalue weighted by Crippen LogP contribution is -2.28. The fraction of sp³-hybridized carbons (Fsp3) is 0.538. The van der Waals surface area contributed by atoms with Gasteiger partial charge < -0.3 is 10.4 Å². The average Bonchev–Trinajstić information content (AvgIpc) is 2.72. The first kappa shape index (κ1) is 10.7. The van der Waals surface area contributed by atoms with Gasteiger partial charge in [-0.3, -0.25) is 0 Å². The molecule has 0 aliphatic heterocycles. The summed E-state index contributed by atoms with van der Waals surface area (Å²) in [5.74, 6) is 0. The zero-order chi connectivity index (χ0) is 10.7. The van der Waals surface area contributed by atoms with E-state index in [2.05, 4.69) is 23.5 Å². The lowest BCUT2D eigenvalue weighted by atomic mass is 10.1. The first-order valence-electron chi connectivity index (χ1n) is 5.74. The minimum absolute atomic E-state index is 0.179. The van der Waals surface area contributed by atoms with E-state index in [0.29, 0.717) is 0 Å². The van der Waals surface area contributed by atoms with Crippen molar-refractivity contribution in [1.29, 1.82) is 0 Å². The molecule has 2 N–H and O–H groups in total. The fourth-order valence-electron chi connectivity index (χ4n) is 2.09. The minimum atomic E-state index is 0.179. The topological polar surface area (TPSA) is 32.3 Å². The molecule has 2 heteroatoms. The van der Waals surface area contributed by atoms with Crippen molar-refractivity contribution in [3.05, 3.63) is 34.9 Å². The van der Waals surface area contributed by atoms with Gasteiger partial charge in [0.1, 0.15) is 0 Å². The molecule has 1 aromatic rings. The zero-order valence-corrected chi connectivity index (χ0v) is 9.29. The molecule has 0 radical (unpaired) electrons. The van der Waals surface area contributed by atoms with E-state index < -0.39 is 0 Å². The molecule has 1 aromatic carbocycles. The molecule has 0 saturated heterocycles. The molecule has 0 bridgehead atoms. The van der Waals surface area contributed by atoms with Crippen molar-refractivity contribution < 1.29 is 5.11 Å². The highest BCUT2D eigenvalue weighted by Crippen LogP contribution is 2.22. The third kappa shape index (κ3) is 2.58. The normalized spacial score (nSPS) is 16.4. The molecule has 0 fully saturated rings. The average molecular weight is 205 g/mol. The Labute approximate surface area is 91.3 Å². The molecule has 1 aliphatic carbocycles. The van der Waals surface area contributed by atoms with E-state index in [-0.39, 0.29) is 12.6 Å². The van der Waals surface area contributed by atoms with Crippen LogP contribution in [0.1, 0.15) is 30.0 Å². The molecule has 0 heterocycles. The van der Waals surface area contributed by atoms with Crippen LogP contribution in [0.15, 0.2) is 18.2 Å². The predicted octanol–water partition coefficient (Wildman–Crippen LogP) is 1.65. The number of hydrogen-bond donors (Lipinski definition) is 2. The number of rotatable bonds is 4. The summed E-state index contributed by atoms with van der Waals surface area (Å²) >= 11 is 0. The number of fused-ring (bicyclic) bond motifs is 1. The first-order valence-corrected chi connectivity index (χ1v) is 5.74. The maximum atomic E-state index is 8.91. The number of aryl methyl sites for hydroxylation is 2. The smallest absolute Gasteiger partial charge is 0.0582 e. The number of aliphatic hydroxyl groups excluding tert-OH is 1. The number of nitrogens with one attached hydrogen (secondary N) is 1. The highest BCUT2D eigenvalue weighted by molar-refractivity contribution is 5.35. The predicted molar refractivity (Wildman–Crippen MR) is 61.9 cm³/mol. The van der Waals surface area contributed by atoms with Gasteiger partial charge >= 0.3 is 0 Å². The van der Waals surface area contributed by atoms with Gasteiger partial charge in [0.25, 0.3) is 0 Å². The fourth-order valence-corrected chi connectivity index (χ4v) is 2.09. The Morgan fingerprint density at radius 3 is 2.93 bits per heavy atom. The molecule has 0 aromatic heterocycles. The Morgan fingerprint density at radius 2 is 2.13 bits per heavy atom. The minimum Gasteiger partial charge on any atom is -0.395 e. The van der Waals surface area contributed by atoms with Crippen molar-refractivity contribution >= 4 is 0 Å². The highest BCUT2D eigenvalue weighted by atomic mass is 16.3. The van der Waals surface area contributed by atoms with E-state index in [1.807, 2.05) is 6.92 Å². The van der Waals surface area contributed by atoms with Gasteiger partial charge in [-0.2, -0.15) is 0 Å². The van der Waals surface area contributed by atoms with E-state index in [0.717, 1.165) is 6.54 Å². The van der Waals surface area contributed by atoms with Gasteiger partial charge in [0.15, 0.2) is 0 Å². The summed E-state index contributed by atoms with van der Waals surface area (Å²) in [7, 11) is 0. The van der Waals surface area contributed by atoms with Crippen molar-refractivity contribution in [2.75, 3.05) is 6.61 Å². The van der Waals surface area contributed by atoms with Crippen LogP contribution in [0.5, 0.6) is 0 Å². The maximum absolute atomic E-state index is 8.91. The van der Waals surface area contributed by atoms with E-state index in [4.69, 9.17) is 5.11 Å². The van der Waals surface area contributed by atoms with Gasteiger partial charge in [-0.15, -0.1) is 0 Å². The van der Waals surface area contributed by atoms with Crippen LogP contribution in [-0.2, 0) is 19.4 Å². The van der Waals surface area contributed by atoms with Gasteiger partial charge in [-0.1, -0.05) is 18.2 Å². The van der Waals surface area contributed by atoms with Crippen LogP contribution in [0.4, 0.5) is 0 Å². The van der Waals surface area contributed by atoms with Crippen molar-refractivity contribution in [2.45, 2.75) is 38.8 Å². The van der Waals surface area contributed by atoms with Crippen molar-refractivity contribution in [3.63, 3.8) is 0 Å². The Morgan fingerprint density at radius 1 is 1.33 bits per heavy atom. The molecule has 0 amide bonds. The second-order valence-electron chi connectivity index (χ2n) is 4.42. The van der Waals surface area contributed by atoms with Gasteiger partial charge in [0, 0.05) is 12.6 Å². The zero-order valence-electron chi connectivity index (χ0n) is 9.29. The van der Waals surface area contributed by atoms with Crippen LogP contribution in [0.3, 0.4) is 0 Å².